The normalized spacial score (nSPS) is 11.4. The molecule has 0 aromatic carbocycles. The molecule has 0 aliphatic carbocycles. The molecule has 0 aromatic rings. The Morgan fingerprint density at radius 3 is 1.10 bits per heavy atom. The Morgan fingerprint density at radius 1 is 0.552 bits per heavy atom. The van der Waals surface area contributed by atoms with Crippen molar-refractivity contribution in [2.45, 2.75) is 142 Å². The topological polar surface area (TPSA) is 3.24 Å². The third kappa shape index (κ3) is 22.0. The Hall–Kier alpha value is 1.02. The fourth-order valence-electron chi connectivity index (χ4n) is 3.97. The molecule has 0 aliphatic heterocycles. The number of thiol groups is 1. The molecule has 0 saturated heterocycles. The van der Waals surface area contributed by atoms with Crippen molar-refractivity contribution < 1.29 is 16.6 Å². The summed E-state index contributed by atoms with van der Waals surface area (Å²) in [5.74, 6) is 0. The van der Waals surface area contributed by atoms with Gasteiger partial charge in [0.25, 0.3) is 0 Å². The summed E-state index contributed by atoms with van der Waals surface area (Å²) in [7, 11) is 1.93. The minimum atomic E-state index is 1.22. The molecule has 0 radical (unpaired) electrons. The van der Waals surface area contributed by atoms with E-state index in [0.29, 0.717) is 0 Å². The molecule has 4 heteroatoms. The Morgan fingerprint density at radius 2 is 0.828 bits per heavy atom. The maximum atomic E-state index is 4.76. The van der Waals surface area contributed by atoms with E-state index in [-0.39, 0.29) is 0 Å². The van der Waals surface area contributed by atoms with Crippen molar-refractivity contribution in [3.63, 3.8) is 0 Å². The van der Waals surface area contributed by atoms with E-state index in [4.69, 9.17) is 12.6 Å². The molecule has 0 aliphatic rings. The van der Waals surface area contributed by atoms with E-state index in [1.54, 1.807) is 0 Å². The second kappa shape index (κ2) is 25.3. The third-order valence-electron chi connectivity index (χ3n) is 5.96. The Labute approximate surface area is 201 Å². The van der Waals surface area contributed by atoms with Gasteiger partial charge in [0.15, 0.2) is 0 Å². The third-order valence-corrected chi connectivity index (χ3v) is 10.4. The number of rotatable bonds is 22. The van der Waals surface area contributed by atoms with Crippen molar-refractivity contribution in [1.82, 2.24) is 4.90 Å². The average molecular weight is 495 g/mol. The number of unbranched alkanes of at least 4 members (excludes halogenated alkanes) is 18. The zero-order valence-corrected chi connectivity index (χ0v) is 24.7. The van der Waals surface area contributed by atoms with Gasteiger partial charge in [0, 0.05) is 0 Å². The van der Waals surface area contributed by atoms with Crippen molar-refractivity contribution in [2.75, 3.05) is 13.1 Å². The van der Waals surface area contributed by atoms with Crippen molar-refractivity contribution in [3.8, 4) is 0 Å². The van der Waals surface area contributed by atoms with Gasteiger partial charge in [0.2, 0.25) is 0 Å². The van der Waals surface area contributed by atoms with E-state index in [1.807, 2.05) is 8.84 Å². The van der Waals surface area contributed by atoms with Crippen LogP contribution >= 0.6 is 21.5 Å². The van der Waals surface area contributed by atoms with Crippen LogP contribution in [0.1, 0.15) is 142 Å². The summed E-state index contributed by atoms with van der Waals surface area (Å²) < 4.78 is 1.27. The van der Waals surface area contributed by atoms with Crippen LogP contribution in [0.4, 0.5) is 0 Å². The average Bonchev–Trinajstić information content (AvgIpc) is 2.74. The molecule has 0 aromatic heterocycles. The van der Waals surface area contributed by atoms with Crippen LogP contribution in [0, 0.1) is 0 Å². The van der Waals surface area contributed by atoms with E-state index in [0.717, 1.165) is 0 Å². The molecule has 170 valence electrons. The van der Waals surface area contributed by atoms with Gasteiger partial charge in [0.1, 0.15) is 0 Å². The van der Waals surface area contributed by atoms with E-state index in [1.165, 1.54) is 162 Å². The van der Waals surface area contributed by atoms with Crippen LogP contribution in [-0.4, -0.2) is 22.3 Å². The molecule has 0 amide bonds. The van der Waals surface area contributed by atoms with Crippen LogP contribution in [0.15, 0.2) is 0 Å². The summed E-state index contributed by atoms with van der Waals surface area (Å²) in [5, 5.41) is 0. The standard InChI is InChI=1S/C25H51NS2.Zn/c1-3-5-7-9-11-13-15-17-19-21-23-26(25(27)28)24-22-20-18-16-14-12-10-8-6-4-2;/h3-24H2,1-2H3,(H,27,28);. The van der Waals surface area contributed by atoms with E-state index < -0.39 is 0 Å². The summed E-state index contributed by atoms with van der Waals surface area (Å²) in [6.07, 6.45) is 28.4. The Kier molecular flexibility index (Phi) is 26.2. The van der Waals surface area contributed by atoms with Crippen LogP contribution < -0.4 is 0 Å². The molecule has 0 spiro atoms. The number of hydrogen-bond acceptors (Lipinski definition) is 0. The second-order valence-corrected chi connectivity index (χ2v) is 12.0. The van der Waals surface area contributed by atoms with E-state index in [9.17, 15) is 0 Å². The molecule has 0 atom stereocenters. The second-order valence-electron chi connectivity index (χ2n) is 8.78. The van der Waals surface area contributed by atoms with Gasteiger partial charge in [-0.3, -0.25) is 0 Å². The maximum absolute atomic E-state index is 4.76. The molecule has 0 heterocycles. The van der Waals surface area contributed by atoms with E-state index >= 15 is 0 Å². The van der Waals surface area contributed by atoms with Crippen LogP contribution in [0.25, 0.3) is 0 Å². The van der Waals surface area contributed by atoms with Gasteiger partial charge < -0.3 is 0 Å². The van der Waals surface area contributed by atoms with Crippen LogP contribution in [0.2, 0.25) is 0 Å². The summed E-state index contributed by atoms with van der Waals surface area (Å²) >= 11 is 6.02. The fourth-order valence-corrected chi connectivity index (χ4v) is 5.69. The molecule has 1 nitrogen and oxygen atoms in total. The summed E-state index contributed by atoms with van der Waals surface area (Å²) in [6.45, 7) is 7.04. The number of nitrogens with zero attached hydrogens (tertiary/aromatic N) is 1. The van der Waals surface area contributed by atoms with Gasteiger partial charge in [0.05, 0.1) is 0 Å². The summed E-state index contributed by atoms with van der Waals surface area (Å²) in [6, 6.07) is 0. The van der Waals surface area contributed by atoms with Crippen molar-refractivity contribution in [3.05, 3.63) is 0 Å². The van der Waals surface area contributed by atoms with Gasteiger partial charge in [-0.15, -0.1) is 0 Å². The van der Waals surface area contributed by atoms with Crippen molar-refractivity contribution >= 4 is 25.8 Å². The van der Waals surface area contributed by atoms with Crippen LogP contribution in [0.3, 0.4) is 0 Å². The Bertz CT molecular complexity index is 359. The van der Waals surface area contributed by atoms with Crippen molar-refractivity contribution in [2.24, 2.45) is 0 Å². The molecule has 0 bridgehead atoms. The van der Waals surface area contributed by atoms with Gasteiger partial charge in [-0.2, -0.15) is 0 Å². The molecule has 0 unspecified atom stereocenters. The van der Waals surface area contributed by atoms with Gasteiger partial charge in [-0.1, -0.05) is 39.5 Å². The predicted octanol–water partition coefficient (Wildman–Crippen LogP) is 9.34. The SMILES string of the molecule is CCCCCCCCCCCCN(CCCCCCCCCCCC)C(S)=[S]=[Zn]. The first kappa shape index (κ1) is 30.0. The monoisotopic (exact) mass is 493 g/mol. The molecule has 0 rings (SSSR count). The molecule has 0 N–H and O–H groups in total. The molecule has 29 heavy (non-hydrogen) atoms. The Balaban J connectivity index is 3.62. The summed E-state index contributed by atoms with van der Waals surface area (Å²) in [5.41, 5.74) is 0. The first-order valence-electron chi connectivity index (χ1n) is 13.0. The molecular weight excluding hydrogens is 444 g/mol. The van der Waals surface area contributed by atoms with Gasteiger partial charge in [-0.25, -0.2) is 0 Å². The van der Waals surface area contributed by atoms with Crippen molar-refractivity contribution in [1.29, 1.82) is 0 Å². The fraction of sp³-hybridized carbons (Fsp3) is 0.960. The zero-order chi connectivity index (χ0) is 21.4. The quantitative estimate of drug-likeness (QED) is 0.0678. The van der Waals surface area contributed by atoms with Gasteiger partial charge in [-0.05, 0) is 0 Å². The number of hydrogen-bond donors (Lipinski definition) is 1. The molecule has 0 fully saturated rings. The van der Waals surface area contributed by atoms with Gasteiger partial charge >= 0.3 is 163 Å². The zero-order valence-electron chi connectivity index (χ0n) is 20.1. The first-order chi connectivity index (χ1) is 14.3. The van der Waals surface area contributed by atoms with Crippen LogP contribution in [-0.2, 0) is 16.6 Å². The van der Waals surface area contributed by atoms with Crippen LogP contribution in [0.5, 0.6) is 0 Å². The minimum absolute atomic E-state index is 1.22. The molecular formula is C25H51NS2Zn. The molecule has 0 saturated carbocycles. The first-order valence-corrected chi connectivity index (χ1v) is 18.1. The summed E-state index contributed by atoms with van der Waals surface area (Å²) in [4.78, 5) is 2.56. The predicted molar refractivity (Wildman–Crippen MR) is 137 cm³/mol. The van der Waals surface area contributed by atoms with E-state index in [2.05, 4.69) is 18.7 Å².